The maximum absolute atomic E-state index is 13.9. The van der Waals surface area contributed by atoms with Crippen molar-refractivity contribution in [1.29, 1.82) is 5.26 Å². The molecule has 2 aliphatic heterocycles. The van der Waals surface area contributed by atoms with E-state index in [0.717, 1.165) is 45.7 Å². The van der Waals surface area contributed by atoms with Crippen LogP contribution in [-0.2, 0) is 9.47 Å². The Balaban J connectivity index is 1.33. The molecule has 32 heavy (non-hydrogen) atoms. The molecule has 2 unspecified atom stereocenters. The van der Waals surface area contributed by atoms with Gasteiger partial charge in [-0.1, -0.05) is 0 Å². The first-order chi connectivity index (χ1) is 15.2. The topological polar surface area (TPSA) is 87.1 Å². The molecule has 2 heterocycles. The van der Waals surface area contributed by atoms with Gasteiger partial charge in [0.1, 0.15) is 5.60 Å². The van der Waals surface area contributed by atoms with Gasteiger partial charge >= 0.3 is 6.09 Å². The third kappa shape index (κ3) is 7.62. The number of nitriles is 1. The highest BCUT2D eigenvalue weighted by molar-refractivity contribution is 5.67. The number of carbonyl (C=O) groups is 1. The summed E-state index contributed by atoms with van der Waals surface area (Å²) in [5.74, 6) is -0.329. The second kappa shape index (κ2) is 10.9. The number of morpholine rings is 2. The Bertz CT molecular complexity index is 809. The number of hydrogen-bond donors (Lipinski definition) is 1. The summed E-state index contributed by atoms with van der Waals surface area (Å²) in [6.07, 6.45) is 0.671. The van der Waals surface area contributed by atoms with Crippen molar-refractivity contribution >= 4 is 6.09 Å². The Kier molecular flexibility index (Phi) is 8.29. The highest BCUT2D eigenvalue weighted by Gasteiger charge is 2.34. The minimum atomic E-state index is -0.508. The molecule has 2 atom stereocenters. The highest BCUT2D eigenvalue weighted by atomic mass is 19.1. The molecule has 1 aromatic carbocycles. The van der Waals surface area contributed by atoms with Gasteiger partial charge in [0, 0.05) is 45.8 Å². The zero-order valence-corrected chi connectivity index (χ0v) is 19.1. The molecule has 0 radical (unpaired) electrons. The molecule has 0 aromatic heterocycles. The molecule has 3 rings (SSSR count). The van der Waals surface area contributed by atoms with Gasteiger partial charge in [-0.05, 0) is 45.4 Å². The lowest BCUT2D eigenvalue weighted by molar-refractivity contribution is -0.138. The number of benzene rings is 1. The number of nitrogens with zero attached hydrogens (tertiary/aromatic N) is 3. The number of nitrogens with one attached hydrogen (secondary N) is 1. The van der Waals surface area contributed by atoms with Gasteiger partial charge in [0.15, 0.2) is 11.6 Å². The van der Waals surface area contributed by atoms with Crippen LogP contribution in [0, 0.1) is 17.1 Å². The maximum Gasteiger partial charge on any atom is 0.407 e. The van der Waals surface area contributed by atoms with Crippen LogP contribution >= 0.6 is 0 Å². The van der Waals surface area contributed by atoms with E-state index in [1.54, 1.807) is 6.07 Å². The number of ether oxygens (including phenoxy) is 3. The Morgan fingerprint density at radius 3 is 2.47 bits per heavy atom. The smallest absolute Gasteiger partial charge is 0.407 e. The predicted octanol–water partition coefficient (Wildman–Crippen LogP) is 2.38. The Morgan fingerprint density at radius 1 is 1.22 bits per heavy atom. The van der Waals surface area contributed by atoms with Crippen molar-refractivity contribution in [1.82, 2.24) is 15.1 Å². The van der Waals surface area contributed by atoms with E-state index in [2.05, 4.69) is 15.1 Å². The number of fused-ring (bicyclic) bond motifs is 2. The molecule has 0 spiro atoms. The lowest BCUT2D eigenvalue weighted by Gasteiger charge is -2.45. The number of halogens is 1. The van der Waals surface area contributed by atoms with Crippen molar-refractivity contribution in [3.63, 3.8) is 0 Å². The molecule has 0 saturated carbocycles. The average Bonchev–Trinajstić information content (AvgIpc) is 2.70. The second-order valence-electron chi connectivity index (χ2n) is 9.29. The molecule has 0 aliphatic carbocycles. The van der Waals surface area contributed by atoms with Gasteiger partial charge in [-0.25, -0.2) is 9.18 Å². The summed E-state index contributed by atoms with van der Waals surface area (Å²) < 4.78 is 30.8. The lowest BCUT2D eigenvalue weighted by Crippen LogP contribution is -2.60. The third-order valence-corrected chi connectivity index (χ3v) is 5.27. The largest absolute Gasteiger partial charge is 0.490 e. The van der Waals surface area contributed by atoms with E-state index in [1.165, 1.54) is 12.1 Å². The van der Waals surface area contributed by atoms with Crippen LogP contribution in [0.2, 0.25) is 0 Å². The molecule has 2 aliphatic rings. The van der Waals surface area contributed by atoms with Crippen LogP contribution in [-0.4, -0.2) is 86.1 Å². The summed E-state index contributed by atoms with van der Waals surface area (Å²) in [7, 11) is 0. The van der Waals surface area contributed by atoms with Gasteiger partial charge < -0.3 is 19.5 Å². The van der Waals surface area contributed by atoms with Crippen LogP contribution < -0.4 is 10.1 Å². The van der Waals surface area contributed by atoms with Gasteiger partial charge in [0.05, 0.1) is 30.4 Å². The first kappa shape index (κ1) is 24.2. The van der Waals surface area contributed by atoms with E-state index in [1.807, 2.05) is 26.8 Å². The fraction of sp³-hybridized carbons (Fsp3) is 0.652. The lowest BCUT2D eigenvalue weighted by atomic mass is 10.1. The van der Waals surface area contributed by atoms with Crippen molar-refractivity contribution in [2.75, 3.05) is 52.4 Å². The first-order valence-corrected chi connectivity index (χ1v) is 11.1. The molecular formula is C23H33FN4O4. The fourth-order valence-electron chi connectivity index (χ4n) is 4.01. The van der Waals surface area contributed by atoms with Crippen LogP contribution in [0.1, 0.15) is 32.8 Å². The normalized spacial score (nSPS) is 21.6. The van der Waals surface area contributed by atoms with Crippen LogP contribution in [0.3, 0.4) is 0 Å². The summed E-state index contributed by atoms with van der Waals surface area (Å²) >= 11 is 0. The Labute approximate surface area is 189 Å². The number of alkyl carbamates (subject to hydrolysis) is 1. The Morgan fingerprint density at radius 2 is 1.88 bits per heavy atom. The van der Waals surface area contributed by atoms with Crippen molar-refractivity contribution in [2.45, 2.75) is 45.0 Å². The molecule has 1 aromatic rings. The molecule has 8 nitrogen and oxygen atoms in total. The van der Waals surface area contributed by atoms with Gasteiger partial charge in [0.2, 0.25) is 0 Å². The first-order valence-electron chi connectivity index (χ1n) is 11.1. The standard InChI is InChI=1S/C23H33FN4O4/c1-23(2,3)32-22(29)26-7-9-28-15-18-13-27(14-19(16-28)31-18)8-4-10-30-21-6-5-17(12-25)11-20(21)24/h5-6,11,18-19H,4,7-10,13-16H2,1-3H3,(H,26,29). The number of amides is 1. The molecule has 2 bridgehead atoms. The van der Waals surface area contributed by atoms with Crippen LogP contribution in [0.25, 0.3) is 0 Å². The summed E-state index contributed by atoms with van der Waals surface area (Å²) in [6, 6.07) is 6.15. The molecule has 2 saturated heterocycles. The van der Waals surface area contributed by atoms with E-state index in [4.69, 9.17) is 19.5 Å². The highest BCUT2D eigenvalue weighted by Crippen LogP contribution is 2.20. The van der Waals surface area contributed by atoms with Crippen LogP contribution in [0.4, 0.5) is 9.18 Å². The van der Waals surface area contributed by atoms with E-state index < -0.39 is 11.4 Å². The van der Waals surface area contributed by atoms with Crippen molar-refractivity contribution in [3.8, 4) is 11.8 Å². The fourth-order valence-corrected chi connectivity index (χ4v) is 4.01. The quantitative estimate of drug-likeness (QED) is 0.611. The molecule has 1 amide bonds. The van der Waals surface area contributed by atoms with Gasteiger partial charge in [-0.3, -0.25) is 9.80 Å². The zero-order chi connectivity index (χ0) is 23.1. The summed E-state index contributed by atoms with van der Waals surface area (Å²) in [5, 5.41) is 11.6. The molecule has 1 N–H and O–H groups in total. The van der Waals surface area contributed by atoms with Crippen molar-refractivity contribution < 1.29 is 23.4 Å². The van der Waals surface area contributed by atoms with E-state index in [9.17, 15) is 9.18 Å². The van der Waals surface area contributed by atoms with Crippen LogP contribution in [0.5, 0.6) is 5.75 Å². The number of carbonyl (C=O) groups excluding carboxylic acids is 1. The summed E-state index contributed by atoms with van der Waals surface area (Å²) in [4.78, 5) is 16.5. The van der Waals surface area contributed by atoms with Crippen molar-refractivity contribution in [3.05, 3.63) is 29.6 Å². The number of rotatable bonds is 8. The molecule has 9 heteroatoms. The predicted molar refractivity (Wildman–Crippen MR) is 117 cm³/mol. The van der Waals surface area contributed by atoms with E-state index >= 15 is 0 Å². The van der Waals surface area contributed by atoms with E-state index in [-0.39, 0.29) is 29.6 Å². The summed E-state index contributed by atoms with van der Waals surface area (Å²) in [6.45, 7) is 11.5. The minimum Gasteiger partial charge on any atom is -0.490 e. The maximum atomic E-state index is 13.9. The van der Waals surface area contributed by atoms with Crippen LogP contribution in [0.15, 0.2) is 18.2 Å². The van der Waals surface area contributed by atoms with Crippen molar-refractivity contribution in [2.24, 2.45) is 0 Å². The zero-order valence-electron chi connectivity index (χ0n) is 19.1. The molecule has 2 fully saturated rings. The number of hydrogen-bond acceptors (Lipinski definition) is 7. The molecule has 176 valence electrons. The minimum absolute atomic E-state index is 0.140. The molecular weight excluding hydrogens is 415 g/mol. The third-order valence-electron chi connectivity index (χ3n) is 5.27. The van der Waals surface area contributed by atoms with Gasteiger partial charge in [-0.2, -0.15) is 5.26 Å². The second-order valence-corrected chi connectivity index (χ2v) is 9.29. The van der Waals surface area contributed by atoms with Gasteiger partial charge in [-0.15, -0.1) is 0 Å². The van der Waals surface area contributed by atoms with E-state index in [0.29, 0.717) is 13.2 Å². The SMILES string of the molecule is CC(C)(C)OC(=O)NCCN1CC2CN(CCCOc3ccc(C#N)cc3F)CC(C1)O2. The summed E-state index contributed by atoms with van der Waals surface area (Å²) in [5.41, 5.74) is -0.213. The Hall–Kier alpha value is -2.41. The monoisotopic (exact) mass is 448 g/mol. The average molecular weight is 449 g/mol. The van der Waals surface area contributed by atoms with Gasteiger partial charge in [0.25, 0.3) is 0 Å².